The van der Waals surface area contributed by atoms with Crippen molar-refractivity contribution in [1.29, 1.82) is 0 Å². The fourth-order valence-corrected chi connectivity index (χ4v) is 1.74. The molecule has 0 aliphatic heterocycles. The maximum atomic E-state index is 11.2. The van der Waals surface area contributed by atoms with Crippen LogP contribution < -0.4 is 14.2 Å². The molecule has 8 nitrogen and oxygen atoms in total. The summed E-state index contributed by atoms with van der Waals surface area (Å²) in [7, 11) is 2.72. The minimum Gasteiger partial charge on any atom is -0.493 e. The fraction of sp³-hybridized carbons (Fsp3) is 0.400. The van der Waals surface area contributed by atoms with E-state index in [1.165, 1.54) is 47.1 Å². The van der Waals surface area contributed by atoms with Crippen molar-refractivity contribution in [2.75, 3.05) is 14.2 Å². The third kappa shape index (κ3) is 5.17. The number of carbonyl (C=O) groups is 3. The van der Waals surface area contributed by atoms with Crippen LogP contribution in [0.2, 0.25) is 0 Å². The van der Waals surface area contributed by atoms with Gasteiger partial charge in [-0.3, -0.25) is 14.4 Å². The first kappa shape index (κ1) is 18.3. The Bertz CT molecular complexity index is 566. The average Bonchev–Trinajstić information content (AvgIpc) is 2.45. The highest BCUT2D eigenvalue weighted by Gasteiger charge is 2.24. The van der Waals surface area contributed by atoms with Crippen LogP contribution in [0.15, 0.2) is 12.1 Å². The van der Waals surface area contributed by atoms with Gasteiger partial charge in [-0.05, 0) is 12.1 Å². The van der Waals surface area contributed by atoms with E-state index >= 15 is 0 Å². The van der Waals surface area contributed by atoms with Gasteiger partial charge in [0.15, 0.2) is 11.5 Å². The largest absolute Gasteiger partial charge is 0.493 e. The molecule has 0 fully saturated rings. The maximum absolute atomic E-state index is 11.2. The van der Waals surface area contributed by atoms with Gasteiger partial charge in [0, 0.05) is 26.3 Å². The van der Waals surface area contributed by atoms with Crippen molar-refractivity contribution in [3.8, 4) is 17.2 Å². The van der Waals surface area contributed by atoms with E-state index in [0.717, 1.165) is 0 Å². The molecular weight excluding hydrogens is 308 g/mol. The van der Waals surface area contributed by atoms with E-state index in [4.69, 9.17) is 23.7 Å². The van der Waals surface area contributed by atoms with Crippen LogP contribution in [0.25, 0.3) is 0 Å². The van der Waals surface area contributed by atoms with E-state index < -0.39 is 24.2 Å². The molecule has 0 aliphatic carbocycles. The summed E-state index contributed by atoms with van der Waals surface area (Å²) in [5, 5.41) is 0. The number of hydrogen-bond acceptors (Lipinski definition) is 8. The molecule has 0 spiro atoms. The van der Waals surface area contributed by atoms with Crippen LogP contribution in [0.3, 0.4) is 0 Å². The summed E-state index contributed by atoms with van der Waals surface area (Å²) in [6.07, 6.45) is -1.28. The third-order valence-electron chi connectivity index (χ3n) is 2.55. The molecule has 1 aromatic rings. The number of rotatable bonds is 6. The number of hydrogen-bond donors (Lipinski definition) is 0. The van der Waals surface area contributed by atoms with Crippen molar-refractivity contribution in [2.45, 2.75) is 27.1 Å². The minimum absolute atomic E-state index is 0.0654. The van der Waals surface area contributed by atoms with Crippen LogP contribution in [0, 0.1) is 0 Å². The number of esters is 3. The fourth-order valence-electron chi connectivity index (χ4n) is 1.74. The van der Waals surface area contributed by atoms with Crippen LogP contribution >= 0.6 is 0 Å². The molecule has 0 radical (unpaired) electrons. The highest BCUT2D eigenvalue weighted by molar-refractivity contribution is 5.73. The van der Waals surface area contributed by atoms with Crippen molar-refractivity contribution in [3.63, 3.8) is 0 Å². The molecule has 0 unspecified atom stereocenters. The molecule has 126 valence electrons. The van der Waals surface area contributed by atoms with E-state index in [-0.39, 0.29) is 22.8 Å². The molecule has 8 heteroatoms. The molecule has 0 heterocycles. The maximum Gasteiger partial charge on any atom is 0.308 e. The highest BCUT2D eigenvalue weighted by atomic mass is 16.7. The second kappa shape index (κ2) is 8.02. The summed E-state index contributed by atoms with van der Waals surface area (Å²) in [5.74, 6) is -1.48. The normalized spacial score (nSPS) is 10.0. The summed E-state index contributed by atoms with van der Waals surface area (Å²) in [6, 6.07) is 2.83. The Hall–Kier alpha value is -2.77. The van der Waals surface area contributed by atoms with Crippen molar-refractivity contribution in [2.24, 2.45) is 0 Å². The number of carbonyl (C=O) groups excluding carboxylic acids is 3. The van der Waals surface area contributed by atoms with Crippen LogP contribution in [0.1, 0.15) is 32.6 Å². The van der Waals surface area contributed by atoms with Crippen molar-refractivity contribution in [3.05, 3.63) is 17.7 Å². The van der Waals surface area contributed by atoms with Crippen molar-refractivity contribution in [1.82, 2.24) is 0 Å². The lowest BCUT2D eigenvalue weighted by Crippen LogP contribution is -2.15. The first-order valence-corrected chi connectivity index (χ1v) is 6.57. The average molecular weight is 326 g/mol. The monoisotopic (exact) mass is 326 g/mol. The van der Waals surface area contributed by atoms with E-state index in [1.807, 2.05) is 0 Å². The molecule has 1 rings (SSSR count). The van der Waals surface area contributed by atoms with Crippen LogP contribution in [0.4, 0.5) is 0 Å². The van der Waals surface area contributed by atoms with Gasteiger partial charge < -0.3 is 23.7 Å². The van der Waals surface area contributed by atoms with Crippen LogP contribution in [0.5, 0.6) is 17.2 Å². The summed E-state index contributed by atoms with van der Waals surface area (Å²) in [4.78, 5) is 33.6. The standard InChI is InChI=1S/C15H18O8/c1-8(16)21-14-12(19-4)6-11(7-13(14)20-5)15(22-9(2)17)23-10(3)18/h6-7,15H,1-5H3. The van der Waals surface area contributed by atoms with Crippen molar-refractivity contribution < 1.29 is 38.1 Å². The smallest absolute Gasteiger partial charge is 0.308 e. The zero-order valence-electron chi connectivity index (χ0n) is 13.5. The molecule has 0 aromatic heterocycles. The zero-order chi connectivity index (χ0) is 17.6. The third-order valence-corrected chi connectivity index (χ3v) is 2.55. The van der Waals surface area contributed by atoms with Gasteiger partial charge in [-0.15, -0.1) is 0 Å². The van der Waals surface area contributed by atoms with E-state index in [0.29, 0.717) is 0 Å². The van der Waals surface area contributed by atoms with Gasteiger partial charge in [0.05, 0.1) is 14.2 Å². The van der Waals surface area contributed by atoms with Gasteiger partial charge in [0.1, 0.15) is 0 Å². The highest BCUT2D eigenvalue weighted by Crippen LogP contribution is 2.41. The van der Waals surface area contributed by atoms with Gasteiger partial charge in [-0.25, -0.2) is 0 Å². The second-order valence-corrected chi connectivity index (χ2v) is 4.40. The molecule has 0 saturated carbocycles. The van der Waals surface area contributed by atoms with Crippen LogP contribution in [-0.2, 0) is 23.9 Å². The Morgan fingerprint density at radius 1 is 0.826 bits per heavy atom. The molecule has 0 N–H and O–H groups in total. The molecule has 1 aromatic carbocycles. The second-order valence-electron chi connectivity index (χ2n) is 4.40. The Morgan fingerprint density at radius 2 is 1.26 bits per heavy atom. The summed E-state index contributed by atoms with van der Waals surface area (Å²) in [5.41, 5.74) is 0.278. The first-order chi connectivity index (χ1) is 10.8. The Morgan fingerprint density at radius 3 is 1.57 bits per heavy atom. The van der Waals surface area contributed by atoms with Crippen LogP contribution in [-0.4, -0.2) is 32.1 Å². The van der Waals surface area contributed by atoms with E-state index in [2.05, 4.69) is 0 Å². The zero-order valence-corrected chi connectivity index (χ0v) is 13.5. The molecule has 23 heavy (non-hydrogen) atoms. The van der Waals surface area contributed by atoms with Gasteiger partial charge >= 0.3 is 17.9 Å². The molecule has 0 saturated heterocycles. The Balaban J connectivity index is 3.36. The van der Waals surface area contributed by atoms with E-state index in [1.54, 1.807) is 0 Å². The summed E-state index contributed by atoms with van der Waals surface area (Å²) in [6.45, 7) is 3.59. The lowest BCUT2D eigenvalue weighted by molar-refractivity contribution is -0.186. The number of benzene rings is 1. The Labute approximate surface area is 133 Å². The summed E-state index contributed by atoms with van der Waals surface area (Å²) < 4.78 is 25.3. The van der Waals surface area contributed by atoms with Gasteiger partial charge in [0.25, 0.3) is 6.29 Å². The molecule has 0 atom stereocenters. The molecule has 0 bridgehead atoms. The predicted molar refractivity (Wildman–Crippen MR) is 77.1 cm³/mol. The summed E-state index contributed by atoms with van der Waals surface area (Å²) >= 11 is 0. The quantitative estimate of drug-likeness (QED) is 0.443. The molecular formula is C15H18O8. The molecule has 0 aliphatic rings. The van der Waals surface area contributed by atoms with Gasteiger partial charge in [-0.2, -0.15) is 0 Å². The minimum atomic E-state index is -1.28. The van der Waals surface area contributed by atoms with Crippen molar-refractivity contribution >= 4 is 17.9 Å². The topological polar surface area (TPSA) is 97.4 Å². The lowest BCUT2D eigenvalue weighted by Gasteiger charge is -2.20. The SMILES string of the molecule is COc1cc(C(OC(C)=O)OC(C)=O)cc(OC)c1OC(C)=O. The number of ether oxygens (including phenoxy) is 5. The van der Waals surface area contributed by atoms with Gasteiger partial charge in [-0.1, -0.05) is 0 Å². The predicted octanol–water partition coefficient (Wildman–Crippen LogP) is 1.75. The van der Waals surface area contributed by atoms with Gasteiger partial charge in [0.2, 0.25) is 5.75 Å². The molecule has 0 amide bonds. The first-order valence-electron chi connectivity index (χ1n) is 6.57. The lowest BCUT2D eigenvalue weighted by atomic mass is 10.1. The van der Waals surface area contributed by atoms with E-state index in [9.17, 15) is 14.4 Å². The Kier molecular flexibility index (Phi) is 6.37. The number of methoxy groups -OCH3 is 2.